The van der Waals surface area contributed by atoms with E-state index in [1.807, 2.05) is 0 Å². The Balaban J connectivity index is 1.74. The third-order valence-electron chi connectivity index (χ3n) is 11.7. The predicted molar refractivity (Wildman–Crippen MR) is 213 cm³/mol. The molecule has 0 aromatic carbocycles. The first-order chi connectivity index (χ1) is 30.3. The molecule has 17 N–H and O–H groups in total. The zero-order valence-corrected chi connectivity index (χ0v) is 35.5. The van der Waals surface area contributed by atoms with Gasteiger partial charge < -0.3 is 97.0 Å². The van der Waals surface area contributed by atoms with E-state index in [1.165, 1.54) is 0 Å². The number of hydrogen-bond acceptors (Lipinski definition) is 23. The average Bonchev–Trinajstić information content (AvgIpc) is 3.27. The molecule has 25 nitrogen and oxygen atoms in total. The number of aliphatic hydroxyl groups excluding tert-OH is 12. The van der Waals surface area contributed by atoms with Gasteiger partial charge in [-0.1, -0.05) is 6.42 Å². The molecular formula is C39H68N4O21. The summed E-state index contributed by atoms with van der Waals surface area (Å²) in [6, 6.07) is -2.70. The first-order valence-electron chi connectivity index (χ1n) is 21.6. The summed E-state index contributed by atoms with van der Waals surface area (Å²) in [7, 11) is 0. The number of amides is 3. The van der Waals surface area contributed by atoms with Crippen molar-refractivity contribution in [2.45, 2.75) is 181 Å². The summed E-state index contributed by atoms with van der Waals surface area (Å²) >= 11 is 0. The largest absolute Gasteiger partial charge is 0.394 e. The molecule has 0 saturated carbocycles. The minimum Gasteiger partial charge on any atom is -0.394 e. The van der Waals surface area contributed by atoms with Gasteiger partial charge in [0.15, 0.2) is 0 Å². The predicted octanol–water partition coefficient (Wildman–Crippen LogP) is -7.61. The van der Waals surface area contributed by atoms with E-state index in [1.54, 1.807) is 0 Å². The van der Waals surface area contributed by atoms with Crippen molar-refractivity contribution in [1.29, 1.82) is 0 Å². The van der Waals surface area contributed by atoms with E-state index in [0.717, 1.165) is 4.90 Å². The fourth-order valence-corrected chi connectivity index (χ4v) is 7.72. The molecule has 0 bridgehead atoms. The van der Waals surface area contributed by atoms with Crippen LogP contribution >= 0.6 is 0 Å². The molecule has 17 atom stereocenters. The van der Waals surface area contributed by atoms with E-state index in [9.17, 15) is 85.3 Å². The van der Waals surface area contributed by atoms with Crippen LogP contribution in [0.4, 0.5) is 0 Å². The molecule has 0 aliphatic carbocycles. The number of carbonyl (C=O) groups excluding carboxylic acids is 5. The lowest BCUT2D eigenvalue weighted by molar-refractivity contribution is -0.230. The van der Waals surface area contributed by atoms with Gasteiger partial charge in [-0.3, -0.25) is 19.3 Å². The molecule has 25 heteroatoms. The van der Waals surface area contributed by atoms with Crippen LogP contribution in [0.15, 0.2) is 0 Å². The summed E-state index contributed by atoms with van der Waals surface area (Å²) < 4.78 is 21.4. The maximum atomic E-state index is 13.7. The maximum absolute atomic E-state index is 13.7. The van der Waals surface area contributed by atoms with E-state index in [0.29, 0.717) is 19.4 Å². The minimum absolute atomic E-state index is 0.0139. The Hall–Kier alpha value is -2.93. The fraction of sp³-hybridized carbons (Fsp3) is 0.872. The normalized spacial score (nSPS) is 34.1. The van der Waals surface area contributed by atoms with Crippen LogP contribution in [0.5, 0.6) is 0 Å². The van der Waals surface area contributed by atoms with Gasteiger partial charge in [0.1, 0.15) is 85.3 Å². The van der Waals surface area contributed by atoms with Gasteiger partial charge in [0, 0.05) is 25.8 Å². The summed E-state index contributed by atoms with van der Waals surface area (Å²) in [4.78, 5) is 67.3. The molecule has 3 fully saturated rings. The SMILES string of the molecule is NCCCC[C@H](N)C(=O)OC(=O)[C@H](CCCCN(C(=O)CC[C@H]1O[C@H](CO)[C@@H](O)[C@H](O)[C@@H]1O)C(=O)CC[C@H]1O[C@H](CO)[C@@H](O)[C@H](O)[C@@H]1O)NC(=O)CC[C@H]1O[C@H](CO)[C@@H](O)[C@H](O)[C@@H]1O. The van der Waals surface area contributed by atoms with E-state index in [2.05, 4.69) is 5.32 Å². The van der Waals surface area contributed by atoms with E-state index in [4.69, 9.17) is 30.4 Å². The Morgan fingerprint density at radius 1 is 0.531 bits per heavy atom. The van der Waals surface area contributed by atoms with Crippen LogP contribution in [-0.2, 0) is 42.9 Å². The lowest BCUT2D eigenvalue weighted by Crippen LogP contribution is -2.58. The van der Waals surface area contributed by atoms with Crippen LogP contribution in [0, 0.1) is 0 Å². The minimum atomic E-state index is -1.72. The maximum Gasteiger partial charge on any atom is 0.336 e. The van der Waals surface area contributed by atoms with Crippen molar-refractivity contribution in [3.05, 3.63) is 0 Å². The second-order valence-corrected chi connectivity index (χ2v) is 16.4. The third kappa shape index (κ3) is 15.3. The standard InChI is InChI=1S/C39H68N4O21/c40-13-3-1-5-18(41)38(59)64-39(60)19(42-26(47)10-7-20-29(50)35(56)32(53)23(15-44)61-20)6-2-4-14-43(27(48)11-8-21-30(51)36(57)33(54)24(16-45)62-21)28(49)12-9-22-31(52)37(58)34(55)25(17-46)63-22/h18-25,29-37,44-46,50-58H,1-17,40-41H2,(H,42,47)/t18-,19-,20+,21+,22+,23+,24+,25+,29+,30+,31+,32+,33+,34+,35+,36+,37+/m0/s1. The van der Waals surface area contributed by atoms with Crippen LogP contribution in [0.25, 0.3) is 0 Å². The molecule has 3 rings (SSSR count). The van der Waals surface area contributed by atoms with Crippen molar-refractivity contribution < 1.29 is 104 Å². The van der Waals surface area contributed by atoms with Crippen LogP contribution in [0.1, 0.15) is 77.0 Å². The van der Waals surface area contributed by atoms with Crippen molar-refractivity contribution in [2.24, 2.45) is 11.5 Å². The Morgan fingerprint density at radius 2 is 0.922 bits per heavy atom. The summed E-state index contributed by atoms with van der Waals surface area (Å²) in [6.45, 7) is -2.13. The highest BCUT2D eigenvalue weighted by Crippen LogP contribution is 2.27. The number of rotatable bonds is 24. The van der Waals surface area contributed by atoms with Crippen LogP contribution < -0.4 is 16.8 Å². The van der Waals surface area contributed by atoms with E-state index < -0.39 is 172 Å². The summed E-state index contributed by atoms with van der Waals surface area (Å²) in [5.74, 6) is -4.70. The number of imide groups is 1. The van der Waals surface area contributed by atoms with Gasteiger partial charge in [0.05, 0.1) is 38.1 Å². The highest BCUT2D eigenvalue weighted by atomic mass is 16.6. The monoisotopic (exact) mass is 928 g/mol. The molecular weight excluding hydrogens is 860 g/mol. The Bertz CT molecular complexity index is 1430. The summed E-state index contributed by atoms with van der Waals surface area (Å²) in [5, 5.41) is 123. The molecule has 3 amide bonds. The summed E-state index contributed by atoms with van der Waals surface area (Å²) in [5.41, 5.74) is 11.4. The summed E-state index contributed by atoms with van der Waals surface area (Å²) in [6.07, 6.45) is -23.8. The van der Waals surface area contributed by atoms with Gasteiger partial charge in [-0.25, -0.2) is 9.59 Å². The smallest absolute Gasteiger partial charge is 0.336 e. The first-order valence-corrected chi connectivity index (χ1v) is 21.6. The van der Waals surface area contributed by atoms with Crippen molar-refractivity contribution in [3.8, 4) is 0 Å². The zero-order chi connectivity index (χ0) is 47.8. The van der Waals surface area contributed by atoms with Gasteiger partial charge in [0.25, 0.3) is 0 Å². The number of esters is 2. The number of unbranched alkanes of at least 4 members (excludes halogenated alkanes) is 2. The van der Waals surface area contributed by atoms with Crippen LogP contribution in [0.3, 0.4) is 0 Å². The number of nitrogens with two attached hydrogens (primary N) is 2. The number of nitrogens with one attached hydrogen (secondary N) is 1. The Morgan fingerprint density at radius 3 is 1.33 bits per heavy atom. The molecule has 3 saturated heterocycles. The van der Waals surface area contributed by atoms with Crippen molar-refractivity contribution >= 4 is 29.7 Å². The zero-order valence-electron chi connectivity index (χ0n) is 35.5. The number of ether oxygens (including phenoxy) is 4. The molecule has 64 heavy (non-hydrogen) atoms. The highest BCUT2D eigenvalue weighted by Gasteiger charge is 2.46. The van der Waals surface area contributed by atoms with Crippen molar-refractivity contribution in [2.75, 3.05) is 32.9 Å². The molecule has 0 radical (unpaired) electrons. The number of nitrogens with zero attached hydrogens (tertiary/aromatic N) is 1. The van der Waals surface area contributed by atoms with Gasteiger partial charge >= 0.3 is 11.9 Å². The number of aliphatic hydroxyl groups is 12. The molecule has 3 aliphatic rings. The molecule has 3 heterocycles. The van der Waals surface area contributed by atoms with E-state index >= 15 is 0 Å². The fourth-order valence-electron chi connectivity index (χ4n) is 7.72. The van der Waals surface area contributed by atoms with Gasteiger partial charge in [-0.05, 0) is 57.9 Å². The Kier molecular flexibility index (Phi) is 23.4. The van der Waals surface area contributed by atoms with E-state index in [-0.39, 0.29) is 51.5 Å². The van der Waals surface area contributed by atoms with Gasteiger partial charge in [-0.2, -0.15) is 0 Å². The second-order valence-electron chi connectivity index (χ2n) is 16.4. The lowest BCUT2D eigenvalue weighted by atomic mass is 9.92. The Labute approximate surface area is 368 Å². The first kappa shape index (κ1) is 55.4. The van der Waals surface area contributed by atoms with Gasteiger partial charge in [-0.15, -0.1) is 0 Å². The average molecular weight is 929 g/mol. The van der Waals surface area contributed by atoms with Gasteiger partial charge in [0.2, 0.25) is 17.7 Å². The van der Waals surface area contributed by atoms with Crippen LogP contribution in [-0.4, -0.2) is 232 Å². The van der Waals surface area contributed by atoms with Crippen LogP contribution in [0.2, 0.25) is 0 Å². The molecule has 370 valence electrons. The highest BCUT2D eigenvalue weighted by molar-refractivity contribution is 5.95. The third-order valence-corrected chi connectivity index (χ3v) is 11.7. The topological polar surface area (TPSA) is 432 Å². The lowest BCUT2D eigenvalue weighted by Gasteiger charge is -2.40. The molecule has 0 aromatic rings. The molecule has 0 spiro atoms. The quantitative estimate of drug-likeness (QED) is 0.0243. The van der Waals surface area contributed by atoms with Crippen molar-refractivity contribution in [1.82, 2.24) is 10.2 Å². The molecule has 0 unspecified atom stereocenters. The van der Waals surface area contributed by atoms with Crippen molar-refractivity contribution in [3.63, 3.8) is 0 Å². The number of carbonyl (C=O) groups is 5. The second kappa shape index (κ2) is 27.0. The molecule has 3 aliphatic heterocycles. The number of hydrogen-bond donors (Lipinski definition) is 15. The molecule has 0 aromatic heterocycles.